The molecule has 9 nitrogen and oxygen atoms in total. The van der Waals surface area contributed by atoms with Crippen molar-refractivity contribution in [1.29, 1.82) is 0 Å². The predicted octanol–water partition coefficient (Wildman–Crippen LogP) is 2.24. The van der Waals surface area contributed by atoms with Crippen LogP contribution in [0, 0.1) is 13.8 Å². The number of nitrogens with zero attached hydrogens (tertiary/aromatic N) is 1. The normalized spacial score (nSPS) is 13.4. The number of anilines is 1. The van der Waals surface area contributed by atoms with Gasteiger partial charge in [0, 0.05) is 10.7 Å². The van der Waals surface area contributed by atoms with Gasteiger partial charge in [0.2, 0.25) is 5.91 Å². The van der Waals surface area contributed by atoms with E-state index >= 15 is 0 Å². The summed E-state index contributed by atoms with van der Waals surface area (Å²) in [5.74, 6) is -3.32. The average Bonchev–Trinajstić information content (AvgIpc) is 3.02. The first-order valence-electron chi connectivity index (χ1n) is 10.1. The van der Waals surface area contributed by atoms with Crippen LogP contribution in [0.4, 0.5) is 5.69 Å². The van der Waals surface area contributed by atoms with E-state index < -0.39 is 42.2 Å². The van der Waals surface area contributed by atoms with E-state index in [1.165, 1.54) is 13.0 Å². The molecule has 3 rings (SSSR count). The van der Waals surface area contributed by atoms with E-state index in [1.54, 1.807) is 44.2 Å². The van der Waals surface area contributed by atoms with Gasteiger partial charge >= 0.3 is 5.97 Å². The van der Waals surface area contributed by atoms with Crippen molar-refractivity contribution in [1.82, 2.24) is 10.2 Å². The Morgan fingerprint density at radius 3 is 2.45 bits per heavy atom. The molecule has 172 valence electrons. The van der Waals surface area contributed by atoms with Gasteiger partial charge < -0.3 is 15.4 Å². The maximum atomic E-state index is 12.6. The first-order valence-corrected chi connectivity index (χ1v) is 10.4. The van der Waals surface area contributed by atoms with Gasteiger partial charge in [0.05, 0.1) is 17.7 Å². The van der Waals surface area contributed by atoms with Crippen LogP contribution in [0.2, 0.25) is 5.02 Å². The summed E-state index contributed by atoms with van der Waals surface area (Å²) < 4.78 is 4.94. The van der Waals surface area contributed by atoms with Crippen molar-refractivity contribution >= 4 is 46.9 Å². The molecule has 1 aliphatic rings. The van der Waals surface area contributed by atoms with Crippen LogP contribution in [-0.2, 0) is 19.1 Å². The summed E-state index contributed by atoms with van der Waals surface area (Å²) in [5.41, 5.74) is 2.43. The molecule has 1 aliphatic heterocycles. The maximum absolute atomic E-state index is 12.6. The van der Waals surface area contributed by atoms with Crippen LogP contribution in [0.15, 0.2) is 36.4 Å². The summed E-state index contributed by atoms with van der Waals surface area (Å²) >= 11 is 6.00. The summed E-state index contributed by atoms with van der Waals surface area (Å²) in [7, 11) is 0. The Hall–Kier alpha value is -3.72. The van der Waals surface area contributed by atoms with Gasteiger partial charge in [-0.2, -0.15) is 0 Å². The second-order valence-electron chi connectivity index (χ2n) is 7.55. The molecule has 0 bridgehead atoms. The van der Waals surface area contributed by atoms with Crippen molar-refractivity contribution in [2.45, 2.75) is 26.8 Å². The van der Waals surface area contributed by atoms with Crippen molar-refractivity contribution in [2.24, 2.45) is 0 Å². The van der Waals surface area contributed by atoms with E-state index in [9.17, 15) is 24.0 Å². The van der Waals surface area contributed by atoms with Gasteiger partial charge in [-0.1, -0.05) is 29.3 Å². The van der Waals surface area contributed by atoms with Crippen LogP contribution in [-0.4, -0.2) is 53.7 Å². The van der Waals surface area contributed by atoms with Crippen LogP contribution >= 0.6 is 11.6 Å². The lowest BCUT2D eigenvalue weighted by Crippen LogP contribution is -2.44. The quantitative estimate of drug-likeness (QED) is 0.471. The SMILES string of the molecule is Cc1ccc2c(c1)C(=O)N(C(C)C(=O)OCC(=O)NCC(=O)Nc1cccc(Cl)c1C)C2=O. The molecular weight excluding hydrogens is 450 g/mol. The Bertz CT molecular complexity index is 1160. The number of imide groups is 1. The first-order chi connectivity index (χ1) is 15.6. The van der Waals surface area contributed by atoms with E-state index in [1.807, 2.05) is 0 Å². The summed E-state index contributed by atoms with van der Waals surface area (Å²) in [6.45, 7) is 3.85. The largest absolute Gasteiger partial charge is 0.454 e. The molecule has 10 heteroatoms. The van der Waals surface area contributed by atoms with Crippen molar-refractivity contribution in [2.75, 3.05) is 18.5 Å². The average molecular weight is 472 g/mol. The highest BCUT2D eigenvalue weighted by Crippen LogP contribution is 2.26. The third kappa shape index (κ3) is 5.20. The van der Waals surface area contributed by atoms with Gasteiger partial charge in [-0.3, -0.25) is 24.1 Å². The Balaban J connectivity index is 1.49. The zero-order valence-electron chi connectivity index (χ0n) is 18.2. The van der Waals surface area contributed by atoms with Crippen LogP contribution in [0.3, 0.4) is 0 Å². The zero-order chi connectivity index (χ0) is 24.3. The number of halogens is 1. The van der Waals surface area contributed by atoms with E-state index in [0.29, 0.717) is 16.3 Å². The molecule has 2 aromatic carbocycles. The Kier molecular flexibility index (Phi) is 7.13. The summed E-state index contributed by atoms with van der Waals surface area (Å²) in [6.07, 6.45) is 0. The molecule has 2 aromatic rings. The standard InChI is InChI=1S/C23H22ClN3O6/c1-12-7-8-15-16(9-12)22(31)27(21(15)30)14(3)23(32)33-11-20(29)25-10-19(28)26-18-6-4-5-17(24)13(18)2/h4-9,14H,10-11H2,1-3H3,(H,25,29)(H,26,28). The third-order valence-electron chi connectivity index (χ3n) is 5.14. The second kappa shape index (κ2) is 9.83. The van der Waals surface area contributed by atoms with Gasteiger partial charge in [-0.05, 0) is 50.6 Å². The molecule has 0 aromatic heterocycles. The number of amides is 4. The number of fused-ring (bicyclic) bond motifs is 1. The Labute approximate surface area is 195 Å². The monoisotopic (exact) mass is 471 g/mol. The van der Waals surface area contributed by atoms with Gasteiger partial charge in [0.1, 0.15) is 6.04 Å². The van der Waals surface area contributed by atoms with Crippen molar-refractivity contribution in [3.8, 4) is 0 Å². The molecular formula is C23H22ClN3O6. The Morgan fingerprint density at radius 1 is 1.03 bits per heavy atom. The molecule has 0 aliphatic carbocycles. The minimum Gasteiger partial charge on any atom is -0.454 e. The number of aryl methyl sites for hydroxylation is 1. The molecule has 0 saturated heterocycles. The maximum Gasteiger partial charge on any atom is 0.329 e. The molecule has 1 unspecified atom stereocenters. The number of carbonyl (C=O) groups is 5. The molecule has 0 radical (unpaired) electrons. The van der Waals surface area contributed by atoms with Crippen LogP contribution in [0.5, 0.6) is 0 Å². The fourth-order valence-corrected chi connectivity index (χ4v) is 3.43. The summed E-state index contributed by atoms with van der Waals surface area (Å²) in [5, 5.41) is 5.44. The van der Waals surface area contributed by atoms with Crippen LogP contribution in [0.25, 0.3) is 0 Å². The smallest absolute Gasteiger partial charge is 0.329 e. The lowest BCUT2D eigenvalue weighted by atomic mass is 10.1. The number of hydrogen-bond donors (Lipinski definition) is 2. The molecule has 1 atom stereocenters. The highest BCUT2D eigenvalue weighted by molar-refractivity contribution is 6.31. The zero-order valence-corrected chi connectivity index (χ0v) is 19.0. The number of rotatable bonds is 7. The molecule has 2 N–H and O–H groups in total. The molecule has 4 amide bonds. The Morgan fingerprint density at radius 2 is 1.73 bits per heavy atom. The molecule has 1 heterocycles. The summed E-state index contributed by atoms with van der Waals surface area (Å²) in [6, 6.07) is 8.63. The minimum absolute atomic E-state index is 0.212. The van der Waals surface area contributed by atoms with E-state index in [2.05, 4.69) is 10.6 Å². The number of benzene rings is 2. The first kappa shape index (κ1) is 23.9. The van der Waals surface area contributed by atoms with Gasteiger partial charge in [-0.25, -0.2) is 4.79 Å². The minimum atomic E-state index is -1.22. The van der Waals surface area contributed by atoms with Crippen molar-refractivity contribution in [3.05, 3.63) is 63.7 Å². The van der Waals surface area contributed by atoms with E-state index in [0.717, 1.165) is 10.5 Å². The lowest BCUT2D eigenvalue weighted by molar-refractivity contribution is -0.151. The number of nitrogens with one attached hydrogen (secondary N) is 2. The van der Waals surface area contributed by atoms with Crippen LogP contribution in [0.1, 0.15) is 38.8 Å². The molecule has 0 fully saturated rings. The number of esters is 1. The van der Waals surface area contributed by atoms with Gasteiger partial charge in [0.15, 0.2) is 6.61 Å². The van der Waals surface area contributed by atoms with Gasteiger partial charge in [-0.15, -0.1) is 0 Å². The number of hydrogen-bond acceptors (Lipinski definition) is 6. The molecule has 0 saturated carbocycles. The topological polar surface area (TPSA) is 122 Å². The highest BCUT2D eigenvalue weighted by atomic mass is 35.5. The fourth-order valence-electron chi connectivity index (χ4n) is 3.25. The number of carbonyl (C=O) groups excluding carboxylic acids is 5. The second-order valence-corrected chi connectivity index (χ2v) is 7.96. The van der Waals surface area contributed by atoms with E-state index in [-0.39, 0.29) is 17.7 Å². The van der Waals surface area contributed by atoms with Crippen LogP contribution < -0.4 is 10.6 Å². The molecule has 0 spiro atoms. The molecule has 33 heavy (non-hydrogen) atoms. The highest BCUT2D eigenvalue weighted by Gasteiger charge is 2.41. The third-order valence-corrected chi connectivity index (χ3v) is 5.54. The number of ether oxygens (including phenoxy) is 1. The lowest BCUT2D eigenvalue weighted by Gasteiger charge is -2.20. The predicted molar refractivity (Wildman–Crippen MR) is 120 cm³/mol. The summed E-state index contributed by atoms with van der Waals surface area (Å²) in [4.78, 5) is 62.3. The van der Waals surface area contributed by atoms with Gasteiger partial charge in [0.25, 0.3) is 17.7 Å². The van der Waals surface area contributed by atoms with Crippen molar-refractivity contribution in [3.63, 3.8) is 0 Å². The van der Waals surface area contributed by atoms with E-state index in [4.69, 9.17) is 16.3 Å². The van der Waals surface area contributed by atoms with Crippen molar-refractivity contribution < 1.29 is 28.7 Å². The fraction of sp³-hybridized carbons (Fsp3) is 0.261.